The molecule has 1 aromatic carbocycles. The quantitative estimate of drug-likeness (QED) is 0.518. The van der Waals surface area contributed by atoms with E-state index in [0.717, 1.165) is 0 Å². The lowest BCUT2D eigenvalue weighted by atomic mass is 10.3. The minimum absolute atomic E-state index is 0.0524. The molecule has 0 amide bonds. The second-order valence-corrected chi connectivity index (χ2v) is 4.62. The van der Waals surface area contributed by atoms with E-state index in [1.165, 1.54) is 0 Å². The van der Waals surface area contributed by atoms with Crippen LogP contribution in [0.5, 0.6) is 5.75 Å². The van der Waals surface area contributed by atoms with Crippen LogP contribution in [0.15, 0.2) is 27.9 Å². The summed E-state index contributed by atoms with van der Waals surface area (Å²) in [5, 5.41) is 16.5. The Balaban J connectivity index is 2.04. The van der Waals surface area contributed by atoms with Crippen molar-refractivity contribution in [3.63, 3.8) is 0 Å². The van der Waals surface area contributed by atoms with Crippen LogP contribution in [0.25, 0.3) is 0 Å². The summed E-state index contributed by atoms with van der Waals surface area (Å²) in [6, 6.07) is 4.88. The standard InChI is InChI=1S/C12H11Cl2N3O3/c1-2-9(16-18)12-15-11(20-17-12)6-19-10-4-3-7(13)5-8(10)14/h3-5,18H,2,6H2,1H3/b16-9+. The van der Waals surface area contributed by atoms with Crippen molar-refractivity contribution in [1.82, 2.24) is 10.1 Å². The minimum Gasteiger partial charge on any atom is -0.482 e. The SMILES string of the molecule is CC/C(=N\O)c1noc(COc2ccc(Cl)cc2Cl)n1. The van der Waals surface area contributed by atoms with E-state index in [4.69, 9.17) is 37.7 Å². The molecule has 1 heterocycles. The highest BCUT2D eigenvalue weighted by molar-refractivity contribution is 6.35. The Morgan fingerprint density at radius 1 is 1.45 bits per heavy atom. The zero-order valence-electron chi connectivity index (χ0n) is 10.5. The number of halogens is 2. The highest BCUT2D eigenvalue weighted by Crippen LogP contribution is 2.28. The molecule has 6 nitrogen and oxygen atoms in total. The Labute approximate surface area is 124 Å². The minimum atomic E-state index is 0.0524. The summed E-state index contributed by atoms with van der Waals surface area (Å²) in [4.78, 5) is 4.05. The second kappa shape index (κ2) is 6.58. The first-order valence-corrected chi connectivity index (χ1v) is 6.51. The summed E-state index contributed by atoms with van der Waals surface area (Å²) in [7, 11) is 0. The molecule has 1 N–H and O–H groups in total. The van der Waals surface area contributed by atoms with Crippen LogP contribution < -0.4 is 4.74 Å². The number of ether oxygens (including phenoxy) is 1. The van der Waals surface area contributed by atoms with Gasteiger partial charge >= 0.3 is 0 Å². The van der Waals surface area contributed by atoms with Gasteiger partial charge in [-0.25, -0.2) is 0 Å². The highest BCUT2D eigenvalue weighted by atomic mass is 35.5. The molecule has 0 atom stereocenters. The van der Waals surface area contributed by atoms with Crippen LogP contribution in [0.1, 0.15) is 25.1 Å². The van der Waals surface area contributed by atoms with E-state index in [2.05, 4.69) is 15.3 Å². The van der Waals surface area contributed by atoms with Gasteiger partial charge in [-0.1, -0.05) is 40.4 Å². The largest absolute Gasteiger partial charge is 0.482 e. The average molecular weight is 316 g/mol. The van der Waals surface area contributed by atoms with Crippen molar-refractivity contribution in [2.45, 2.75) is 20.0 Å². The van der Waals surface area contributed by atoms with E-state index < -0.39 is 0 Å². The summed E-state index contributed by atoms with van der Waals surface area (Å²) in [5.74, 6) is 0.943. The number of hydrogen-bond acceptors (Lipinski definition) is 6. The van der Waals surface area contributed by atoms with Crippen molar-refractivity contribution >= 4 is 28.9 Å². The first-order chi connectivity index (χ1) is 9.63. The molecule has 2 rings (SSSR count). The predicted molar refractivity (Wildman–Crippen MR) is 73.7 cm³/mol. The fraction of sp³-hybridized carbons (Fsp3) is 0.250. The van der Waals surface area contributed by atoms with Gasteiger partial charge in [0.15, 0.2) is 6.61 Å². The molecule has 106 valence electrons. The molecule has 0 spiro atoms. The maximum Gasteiger partial charge on any atom is 0.264 e. The van der Waals surface area contributed by atoms with Gasteiger partial charge in [-0.3, -0.25) is 0 Å². The van der Waals surface area contributed by atoms with Gasteiger partial charge in [-0.05, 0) is 24.6 Å². The molecule has 0 unspecified atom stereocenters. The molecular weight excluding hydrogens is 305 g/mol. The van der Waals surface area contributed by atoms with Crippen LogP contribution in [0.4, 0.5) is 0 Å². The summed E-state index contributed by atoms with van der Waals surface area (Å²) in [6.07, 6.45) is 0.485. The molecule has 20 heavy (non-hydrogen) atoms. The highest BCUT2D eigenvalue weighted by Gasteiger charge is 2.12. The zero-order chi connectivity index (χ0) is 14.5. The molecule has 0 bridgehead atoms. The lowest BCUT2D eigenvalue weighted by Gasteiger charge is -2.05. The van der Waals surface area contributed by atoms with Crippen molar-refractivity contribution in [3.05, 3.63) is 40.0 Å². The molecule has 0 saturated carbocycles. The normalized spacial score (nSPS) is 11.7. The molecule has 1 aromatic heterocycles. The molecule has 0 aliphatic heterocycles. The Hall–Kier alpha value is -1.79. The molecule has 0 aliphatic carbocycles. The van der Waals surface area contributed by atoms with Gasteiger partial charge in [-0.15, -0.1) is 0 Å². The topological polar surface area (TPSA) is 80.7 Å². The molecule has 8 heteroatoms. The summed E-state index contributed by atoms with van der Waals surface area (Å²) >= 11 is 11.8. The van der Waals surface area contributed by atoms with Crippen molar-refractivity contribution in [2.24, 2.45) is 5.16 Å². The van der Waals surface area contributed by atoms with E-state index in [1.54, 1.807) is 18.2 Å². The van der Waals surface area contributed by atoms with Crippen LogP contribution in [-0.2, 0) is 6.61 Å². The fourth-order valence-electron chi connectivity index (χ4n) is 1.44. The number of nitrogens with zero attached hydrogens (tertiary/aromatic N) is 3. The van der Waals surface area contributed by atoms with Crippen molar-refractivity contribution < 1.29 is 14.5 Å². The predicted octanol–water partition coefficient (Wildman–Crippen LogP) is 3.54. The fourth-order valence-corrected chi connectivity index (χ4v) is 1.90. The maximum absolute atomic E-state index is 8.76. The Morgan fingerprint density at radius 3 is 2.90 bits per heavy atom. The number of oxime groups is 1. The van der Waals surface area contributed by atoms with Gasteiger partial charge in [0.25, 0.3) is 5.89 Å². The Morgan fingerprint density at radius 2 is 2.25 bits per heavy atom. The third kappa shape index (κ3) is 3.40. The van der Waals surface area contributed by atoms with E-state index >= 15 is 0 Å². The van der Waals surface area contributed by atoms with Crippen LogP contribution in [0.2, 0.25) is 10.0 Å². The number of aromatic nitrogens is 2. The molecular formula is C12H11Cl2N3O3. The van der Waals surface area contributed by atoms with E-state index in [-0.39, 0.29) is 18.3 Å². The van der Waals surface area contributed by atoms with Crippen molar-refractivity contribution in [3.8, 4) is 5.75 Å². The first kappa shape index (κ1) is 14.6. The third-order valence-corrected chi connectivity index (χ3v) is 2.96. The van der Waals surface area contributed by atoms with Crippen molar-refractivity contribution in [2.75, 3.05) is 0 Å². The second-order valence-electron chi connectivity index (χ2n) is 3.78. The van der Waals surface area contributed by atoms with Crippen LogP contribution in [0, 0.1) is 0 Å². The zero-order valence-corrected chi connectivity index (χ0v) is 12.0. The van der Waals surface area contributed by atoms with Crippen LogP contribution >= 0.6 is 23.2 Å². The van der Waals surface area contributed by atoms with Gasteiger partial charge < -0.3 is 14.5 Å². The smallest absolute Gasteiger partial charge is 0.264 e. The van der Waals surface area contributed by atoms with E-state index in [9.17, 15) is 0 Å². The Kier molecular flexibility index (Phi) is 4.81. The monoisotopic (exact) mass is 315 g/mol. The van der Waals surface area contributed by atoms with Gasteiger partial charge in [0.05, 0.1) is 5.02 Å². The number of rotatable bonds is 5. The summed E-state index contributed by atoms with van der Waals surface area (Å²) in [5.41, 5.74) is 0.338. The molecule has 2 aromatic rings. The summed E-state index contributed by atoms with van der Waals surface area (Å²) in [6.45, 7) is 1.87. The lowest BCUT2D eigenvalue weighted by Crippen LogP contribution is -2.02. The third-order valence-electron chi connectivity index (χ3n) is 2.43. The van der Waals surface area contributed by atoms with Crippen molar-refractivity contribution in [1.29, 1.82) is 0 Å². The van der Waals surface area contributed by atoms with Gasteiger partial charge in [0.2, 0.25) is 5.82 Å². The summed E-state index contributed by atoms with van der Waals surface area (Å²) < 4.78 is 10.4. The molecule has 0 fully saturated rings. The molecule has 0 saturated heterocycles. The molecule has 0 aliphatic rings. The van der Waals surface area contributed by atoms with Crippen LogP contribution in [-0.4, -0.2) is 21.1 Å². The van der Waals surface area contributed by atoms with Crippen LogP contribution in [0.3, 0.4) is 0 Å². The number of hydrogen-bond donors (Lipinski definition) is 1. The Bertz CT molecular complexity index is 628. The van der Waals surface area contributed by atoms with Gasteiger partial charge in [-0.2, -0.15) is 4.98 Å². The average Bonchev–Trinajstić information content (AvgIpc) is 2.88. The van der Waals surface area contributed by atoms with Gasteiger partial charge in [0.1, 0.15) is 11.5 Å². The number of benzene rings is 1. The lowest BCUT2D eigenvalue weighted by molar-refractivity contribution is 0.243. The maximum atomic E-state index is 8.76. The first-order valence-electron chi connectivity index (χ1n) is 5.75. The van der Waals surface area contributed by atoms with E-state index in [1.807, 2.05) is 6.92 Å². The molecule has 0 radical (unpaired) electrons. The van der Waals surface area contributed by atoms with Gasteiger partial charge in [0, 0.05) is 5.02 Å². The van der Waals surface area contributed by atoms with E-state index in [0.29, 0.717) is 27.9 Å².